The lowest BCUT2D eigenvalue weighted by atomic mass is 10.2. The van der Waals surface area contributed by atoms with Crippen molar-refractivity contribution in [2.24, 2.45) is 0 Å². The summed E-state index contributed by atoms with van der Waals surface area (Å²) in [5.41, 5.74) is 1.08. The summed E-state index contributed by atoms with van der Waals surface area (Å²) in [6, 6.07) is 6.00. The van der Waals surface area contributed by atoms with Crippen LogP contribution in [-0.4, -0.2) is 15.4 Å². The highest BCUT2D eigenvalue weighted by Gasteiger charge is 2.39. The minimum Gasteiger partial charge on any atom is -0.541 e. The fraction of sp³-hybridized carbons (Fsp3) is 0.467. The minimum absolute atomic E-state index is 0.173. The number of rotatable bonds is 4. The second-order valence-corrected chi connectivity index (χ2v) is 11.3. The van der Waals surface area contributed by atoms with Crippen molar-refractivity contribution < 1.29 is 9.16 Å². The van der Waals surface area contributed by atoms with E-state index in [2.05, 4.69) is 49.8 Å². The van der Waals surface area contributed by atoms with E-state index in [0.29, 0.717) is 0 Å². The SMILES string of the molecule is COc1cc(/C=C/Br)ccc1O[Si](C)(C)C(C)(C)C. The van der Waals surface area contributed by atoms with Gasteiger partial charge in [0.05, 0.1) is 7.11 Å². The van der Waals surface area contributed by atoms with Gasteiger partial charge in [-0.2, -0.15) is 0 Å². The van der Waals surface area contributed by atoms with Gasteiger partial charge in [0.15, 0.2) is 5.75 Å². The summed E-state index contributed by atoms with van der Waals surface area (Å²) in [5, 5.41) is 0.173. The van der Waals surface area contributed by atoms with Crippen LogP contribution in [0.5, 0.6) is 11.5 Å². The largest absolute Gasteiger partial charge is 0.541 e. The van der Waals surface area contributed by atoms with Crippen LogP contribution in [0, 0.1) is 0 Å². The van der Waals surface area contributed by atoms with Crippen molar-refractivity contribution in [2.75, 3.05) is 7.11 Å². The Morgan fingerprint density at radius 3 is 2.26 bits per heavy atom. The third kappa shape index (κ3) is 4.11. The van der Waals surface area contributed by atoms with Crippen molar-refractivity contribution in [3.63, 3.8) is 0 Å². The van der Waals surface area contributed by atoms with Crippen LogP contribution in [0.2, 0.25) is 18.1 Å². The Morgan fingerprint density at radius 2 is 1.79 bits per heavy atom. The summed E-state index contributed by atoms with van der Waals surface area (Å²) < 4.78 is 11.7. The van der Waals surface area contributed by atoms with Gasteiger partial charge in [-0.05, 0) is 46.9 Å². The summed E-state index contributed by atoms with van der Waals surface area (Å²) >= 11 is 3.28. The van der Waals surface area contributed by atoms with E-state index in [9.17, 15) is 0 Å². The van der Waals surface area contributed by atoms with E-state index in [-0.39, 0.29) is 5.04 Å². The molecular formula is C15H23BrO2Si. The second-order valence-electron chi connectivity index (χ2n) is 6.07. The van der Waals surface area contributed by atoms with Crippen molar-refractivity contribution >= 4 is 30.3 Å². The van der Waals surface area contributed by atoms with Crippen LogP contribution in [0.1, 0.15) is 26.3 Å². The predicted molar refractivity (Wildman–Crippen MR) is 88.8 cm³/mol. The molecule has 0 spiro atoms. The average molecular weight is 343 g/mol. The van der Waals surface area contributed by atoms with Crippen LogP contribution >= 0.6 is 15.9 Å². The van der Waals surface area contributed by atoms with Crippen molar-refractivity contribution in [2.45, 2.75) is 38.9 Å². The summed E-state index contributed by atoms with van der Waals surface area (Å²) in [6.45, 7) is 11.2. The molecule has 1 aromatic carbocycles. The van der Waals surface area contributed by atoms with Crippen LogP contribution in [0.3, 0.4) is 0 Å². The molecule has 1 rings (SSSR count). The number of methoxy groups -OCH3 is 1. The van der Waals surface area contributed by atoms with Gasteiger partial charge in [-0.15, -0.1) is 0 Å². The summed E-state index contributed by atoms with van der Waals surface area (Å²) in [7, 11) is -0.160. The maximum atomic E-state index is 6.30. The standard InChI is InChI=1S/C15H23BrO2Si/c1-15(2,3)19(5,6)18-13-8-7-12(9-10-16)11-14(13)17-4/h7-11H,1-6H3/b10-9+. The van der Waals surface area contributed by atoms with Crippen LogP contribution in [0.25, 0.3) is 6.08 Å². The van der Waals surface area contributed by atoms with Crippen molar-refractivity contribution in [1.82, 2.24) is 0 Å². The van der Waals surface area contributed by atoms with Gasteiger partial charge in [0, 0.05) is 0 Å². The van der Waals surface area contributed by atoms with Crippen LogP contribution in [0.4, 0.5) is 0 Å². The van der Waals surface area contributed by atoms with Gasteiger partial charge in [0.1, 0.15) is 5.75 Å². The number of ether oxygens (including phenoxy) is 1. The normalized spacial score (nSPS) is 12.8. The number of hydrogen-bond acceptors (Lipinski definition) is 2. The third-order valence-electron chi connectivity index (χ3n) is 3.61. The van der Waals surface area contributed by atoms with E-state index >= 15 is 0 Å². The zero-order valence-electron chi connectivity index (χ0n) is 12.6. The Bertz CT molecular complexity index is 462. The van der Waals surface area contributed by atoms with Crippen LogP contribution < -0.4 is 9.16 Å². The first kappa shape index (κ1) is 16.3. The lowest BCUT2D eigenvalue weighted by Gasteiger charge is -2.36. The molecule has 0 unspecified atom stereocenters. The van der Waals surface area contributed by atoms with Crippen molar-refractivity contribution in [3.05, 3.63) is 28.7 Å². The highest BCUT2D eigenvalue weighted by molar-refractivity contribution is 9.11. The smallest absolute Gasteiger partial charge is 0.250 e. The molecule has 0 aliphatic heterocycles. The average Bonchev–Trinajstić information content (AvgIpc) is 2.29. The molecule has 0 aromatic heterocycles. The van der Waals surface area contributed by atoms with Crippen molar-refractivity contribution in [1.29, 1.82) is 0 Å². The molecule has 0 saturated carbocycles. The Morgan fingerprint density at radius 1 is 1.16 bits per heavy atom. The van der Waals surface area contributed by atoms with E-state index in [1.807, 2.05) is 29.3 Å². The Balaban J connectivity index is 3.08. The molecule has 1 aromatic rings. The molecule has 0 aliphatic carbocycles. The molecule has 106 valence electrons. The van der Waals surface area contributed by atoms with Crippen LogP contribution in [0.15, 0.2) is 23.2 Å². The summed E-state index contributed by atoms with van der Waals surface area (Å²) in [4.78, 5) is 1.83. The monoisotopic (exact) mass is 342 g/mol. The van der Waals surface area contributed by atoms with Crippen molar-refractivity contribution in [3.8, 4) is 11.5 Å². The minimum atomic E-state index is -1.84. The van der Waals surface area contributed by atoms with E-state index < -0.39 is 8.32 Å². The molecular weight excluding hydrogens is 320 g/mol. The van der Waals surface area contributed by atoms with Gasteiger partial charge in [-0.3, -0.25) is 0 Å². The Kier molecular flexibility index (Phi) is 5.27. The molecule has 0 atom stereocenters. The summed E-state index contributed by atoms with van der Waals surface area (Å²) in [6.07, 6.45) is 1.97. The molecule has 0 N–H and O–H groups in total. The molecule has 0 fully saturated rings. The number of benzene rings is 1. The molecule has 2 nitrogen and oxygen atoms in total. The molecule has 0 bridgehead atoms. The fourth-order valence-electron chi connectivity index (χ4n) is 1.37. The first-order valence-electron chi connectivity index (χ1n) is 6.35. The van der Waals surface area contributed by atoms with Gasteiger partial charge in [0.2, 0.25) is 0 Å². The fourth-order valence-corrected chi connectivity index (χ4v) is 2.70. The molecule has 19 heavy (non-hydrogen) atoms. The highest BCUT2D eigenvalue weighted by Crippen LogP contribution is 2.40. The number of hydrogen-bond donors (Lipinski definition) is 0. The van der Waals surface area contributed by atoms with E-state index in [4.69, 9.17) is 9.16 Å². The van der Waals surface area contributed by atoms with E-state index in [0.717, 1.165) is 17.1 Å². The molecule has 0 amide bonds. The van der Waals surface area contributed by atoms with Gasteiger partial charge in [-0.1, -0.05) is 42.8 Å². The van der Waals surface area contributed by atoms with Crippen LogP contribution in [-0.2, 0) is 0 Å². The quantitative estimate of drug-likeness (QED) is 0.677. The first-order chi connectivity index (χ1) is 8.71. The Labute approximate surface area is 126 Å². The first-order valence-corrected chi connectivity index (χ1v) is 10.2. The van der Waals surface area contributed by atoms with E-state index in [1.54, 1.807) is 7.11 Å². The van der Waals surface area contributed by atoms with Gasteiger partial charge in [0.25, 0.3) is 8.32 Å². The Hall–Kier alpha value is -0.743. The molecule has 4 heteroatoms. The molecule has 0 heterocycles. The van der Waals surface area contributed by atoms with Gasteiger partial charge in [-0.25, -0.2) is 0 Å². The summed E-state index contributed by atoms with van der Waals surface area (Å²) in [5.74, 6) is 1.62. The second kappa shape index (κ2) is 6.14. The molecule has 0 aliphatic rings. The lowest BCUT2D eigenvalue weighted by molar-refractivity contribution is 0.386. The topological polar surface area (TPSA) is 18.5 Å². The highest BCUT2D eigenvalue weighted by atomic mass is 79.9. The van der Waals surface area contributed by atoms with Gasteiger partial charge >= 0.3 is 0 Å². The maximum Gasteiger partial charge on any atom is 0.250 e. The lowest BCUT2D eigenvalue weighted by Crippen LogP contribution is -2.43. The van der Waals surface area contributed by atoms with E-state index in [1.165, 1.54) is 0 Å². The van der Waals surface area contributed by atoms with Gasteiger partial charge < -0.3 is 9.16 Å². The number of halogens is 1. The third-order valence-corrected chi connectivity index (χ3v) is 8.22. The zero-order chi connectivity index (χ0) is 14.7. The molecule has 0 radical (unpaired) electrons. The predicted octanol–water partition coefficient (Wildman–Crippen LogP) is 5.44. The molecule has 0 saturated heterocycles. The maximum absolute atomic E-state index is 6.30. The zero-order valence-corrected chi connectivity index (χ0v) is 15.2.